The quantitative estimate of drug-likeness (QED) is 0.184. The van der Waals surface area contributed by atoms with Crippen molar-refractivity contribution in [1.82, 2.24) is 9.88 Å². The van der Waals surface area contributed by atoms with Crippen LogP contribution in [0.4, 0.5) is 4.79 Å². The molecule has 0 bridgehead atoms. The van der Waals surface area contributed by atoms with Crippen LogP contribution < -0.4 is 20.2 Å². The van der Waals surface area contributed by atoms with Crippen molar-refractivity contribution >= 4 is 25.3 Å². The number of methoxy groups -OCH3 is 1. The summed E-state index contributed by atoms with van der Waals surface area (Å²) in [5.74, 6) is 0.932. The molecule has 8 nitrogen and oxygen atoms in total. The summed E-state index contributed by atoms with van der Waals surface area (Å²) in [6.45, 7) is 11.3. The smallest absolute Gasteiger partial charge is 0.407 e. The molecule has 0 saturated heterocycles. The Morgan fingerprint density at radius 2 is 1.56 bits per heavy atom. The summed E-state index contributed by atoms with van der Waals surface area (Å²) < 4.78 is 26.4. The third kappa shape index (κ3) is 7.66. The predicted molar refractivity (Wildman–Crippen MR) is 172 cm³/mol. The van der Waals surface area contributed by atoms with Gasteiger partial charge < -0.3 is 28.5 Å². The number of nitrogens with one attached hydrogen (secondary N) is 1. The van der Waals surface area contributed by atoms with Gasteiger partial charge in [0.2, 0.25) is 0 Å². The summed E-state index contributed by atoms with van der Waals surface area (Å²) in [5.41, 5.74) is 2.91. The third-order valence-corrected chi connectivity index (χ3v) is 12.5. The summed E-state index contributed by atoms with van der Waals surface area (Å²) in [4.78, 5) is 26.4. The highest BCUT2D eigenvalue weighted by Gasteiger charge is 2.40. The molecule has 0 radical (unpaired) electrons. The minimum atomic E-state index is -2.39. The number of amides is 1. The Balaban J connectivity index is 1.75. The van der Waals surface area contributed by atoms with E-state index in [0.717, 1.165) is 11.1 Å². The molecule has 4 aromatic rings. The van der Waals surface area contributed by atoms with E-state index >= 15 is 0 Å². The van der Waals surface area contributed by atoms with Gasteiger partial charge in [0.15, 0.2) is 25.2 Å². The van der Waals surface area contributed by atoms with Gasteiger partial charge in [-0.15, -0.1) is 0 Å². The highest BCUT2D eigenvalue weighted by Crippen LogP contribution is 2.43. The summed E-state index contributed by atoms with van der Waals surface area (Å²) in [5, 5.41) is 3.21. The van der Waals surface area contributed by atoms with Crippen molar-refractivity contribution < 1.29 is 23.4 Å². The van der Waals surface area contributed by atoms with Gasteiger partial charge in [0.05, 0.1) is 30.7 Å². The van der Waals surface area contributed by atoms with E-state index in [2.05, 4.69) is 39.2 Å². The molecule has 0 spiro atoms. The second-order valence-corrected chi connectivity index (χ2v) is 16.9. The maximum atomic E-state index is 13.6. The van der Waals surface area contributed by atoms with Crippen LogP contribution in [0.1, 0.15) is 43.6 Å². The Morgan fingerprint density at radius 1 is 0.953 bits per heavy atom. The number of benzene rings is 3. The van der Waals surface area contributed by atoms with E-state index in [0.29, 0.717) is 34.6 Å². The van der Waals surface area contributed by atoms with E-state index in [9.17, 15) is 9.59 Å². The lowest BCUT2D eigenvalue weighted by atomic mass is 10.0. The van der Waals surface area contributed by atoms with E-state index in [1.807, 2.05) is 72.3 Å². The van der Waals surface area contributed by atoms with Crippen molar-refractivity contribution in [3.8, 4) is 11.5 Å². The fraction of sp³-hybridized carbons (Fsp3) is 0.353. The van der Waals surface area contributed by atoms with Gasteiger partial charge in [0.1, 0.15) is 13.2 Å². The van der Waals surface area contributed by atoms with Crippen LogP contribution in [-0.2, 0) is 29.4 Å². The van der Waals surface area contributed by atoms with Crippen LogP contribution in [0.3, 0.4) is 0 Å². The summed E-state index contributed by atoms with van der Waals surface area (Å²) in [7, 11) is 1.05. The molecule has 1 amide bonds. The number of hydrogen-bond acceptors (Lipinski definition) is 6. The number of nitrogens with zero attached hydrogens (tertiary/aromatic N) is 1. The number of aromatic nitrogens is 1. The predicted octanol–water partition coefficient (Wildman–Crippen LogP) is 7.12. The normalized spacial score (nSPS) is 12.5. The fourth-order valence-corrected chi connectivity index (χ4v) is 5.83. The lowest BCUT2D eigenvalue weighted by molar-refractivity contribution is 0.128. The van der Waals surface area contributed by atoms with E-state index in [1.165, 1.54) is 6.07 Å². The SMILES string of the molecule is COc1cc(C(CNC(=O)OCc2ccccc2)O[Si](C)(C)C(C)(C)C)c2c(=O)ccn(C)c2c1OCc1ccccc1. The minimum Gasteiger partial charge on any atom is -0.493 e. The molecular weight excluding hydrogens is 560 g/mol. The molecule has 1 unspecified atom stereocenters. The zero-order chi connectivity index (χ0) is 31.2. The van der Waals surface area contributed by atoms with Crippen molar-refractivity contribution in [1.29, 1.82) is 0 Å². The first-order chi connectivity index (χ1) is 20.4. The van der Waals surface area contributed by atoms with Gasteiger partial charge in [-0.3, -0.25) is 4.79 Å². The molecular formula is C34H42N2O6Si. The number of aryl methyl sites for hydroxylation is 1. The Morgan fingerprint density at radius 3 is 2.14 bits per heavy atom. The first-order valence-electron chi connectivity index (χ1n) is 14.4. The van der Waals surface area contributed by atoms with Crippen LogP contribution in [0, 0.1) is 0 Å². The number of alkyl carbamates (subject to hydrolysis) is 1. The van der Waals surface area contributed by atoms with Gasteiger partial charge in [-0.05, 0) is 40.9 Å². The maximum Gasteiger partial charge on any atom is 0.407 e. The van der Waals surface area contributed by atoms with Crippen LogP contribution >= 0.6 is 0 Å². The zero-order valence-electron chi connectivity index (χ0n) is 26.1. The standard InChI is InChI=1S/C34H42N2O6Si/c1-34(2,3)43(6,7)42-29(21-35-33(38)41-23-25-16-12-9-13-17-25)26-20-28(39-5)32(40-22-24-14-10-8-11-15-24)31-30(26)27(37)18-19-36(31)4/h8-20,29H,21-23H2,1-7H3,(H,35,38). The second kappa shape index (κ2) is 13.5. The molecule has 0 fully saturated rings. The van der Waals surface area contributed by atoms with Gasteiger partial charge in [-0.25, -0.2) is 4.79 Å². The number of carbonyl (C=O) groups is 1. The number of rotatable bonds is 11. The molecule has 3 aromatic carbocycles. The van der Waals surface area contributed by atoms with Gasteiger partial charge in [0.25, 0.3) is 0 Å². The van der Waals surface area contributed by atoms with Gasteiger partial charge >= 0.3 is 6.09 Å². The monoisotopic (exact) mass is 602 g/mol. The van der Waals surface area contributed by atoms with E-state index in [1.54, 1.807) is 19.4 Å². The number of fused-ring (bicyclic) bond motifs is 1. The molecule has 1 atom stereocenters. The molecule has 1 aromatic heterocycles. The lowest BCUT2D eigenvalue weighted by Gasteiger charge is -2.39. The Bertz CT molecular complexity index is 1600. The summed E-state index contributed by atoms with van der Waals surface area (Å²) in [6, 6.07) is 22.6. The van der Waals surface area contributed by atoms with Gasteiger partial charge in [-0.2, -0.15) is 0 Å². The molecule has 0 saturated carbocycles. The first-order valence-corrected chi connectivity index (χ1v) is 17.3. The fourth-order valence-electron chi connectivity index (χ4n) is 4.55. The average molecular weight is 603 g/mol. The van der Waals surface area contributed by atoms with E-state index < -0.39 is 20.5 Å². The van der Waals surface area contributed by atoms with E-state index in [-0.39, 0.29) is 23.6 Å². The molecule has 0 aliphatic rings. The molecule has 9 heteroatoms. The largest absolute Gasteiger partial charge is 0.493 e. The second-order valence-electron chi connectivity index (χ2n) is 12.1. The molecule has 0 aliphatic heterocycles. The lowest BCUT2D eigenvalue weighted by Crippen LogP contribution is -2.44. The van der Waals surface area contributed by atoms with Crippen molar-refractivity contribution in [2.75, 3.05) is 13.7 Å². The molecule has 0 aliphatic carbocycles. The summed E-state index contributed by atoms with van der Waals surface area (Å²) >= 11 is 0. The zero-order valence-corrected chi connectivity index (χ0v) is 27.1. The maximum absolute atomic E-state index is 13.6. The van der Waals surface area contributed by atoms with Crippen LogP contribution in [0.2, 0.25) is 18.1 Å². The molecule has 43 heavy (non-hydrogen) atoms. The van der Waals surface area contributed by atoms with Crippen LogP contribution in [-0.4, -0.2) is 32.6 Å². The number of ether oxygens (including phenoxy) is 3. The van der Waals surface area contributed by atoms with Crippen LogP contribution in [0.15, 0.2) is 83.8 Å². The highest BCUT2D eigenvalue weighted by molar-refractivity contribution is 6.74. The highest BCUT2D eigenvalue weighted by atomic mass is 28.4. The van der Waals surface area contributed by atoms with Crippen molar-refractivity contribution in [2.45, 2.75) is 58.2 Å². The molecule has 228 valence electrons. The minimum absolute atomic E-state index is 0.0979. The van der Waals surface area contributed by atoms with Crippen molar-refractivity contribution in [3.63, 3.8) is 0 Å². The van der Waals surface area contributed by atoms with E-state index in [4.69, 9.17) is 18.6 Å². The van der Waals surface area contributed by atoms with Gasteiger partial charge in [0, 0.05) is 19.3 Å². The summed E-state index contributed by atoms with van der Waals surface area (Å²) in [6.07, 6.45) is 0.492. The number of carbonyl (C=O) groups excluding carboxylic acids is 1. The number of pyridine rings is 1. The van der Waals surface area contributed by atoms with Crippen LogP contribution in [0.5, 0.6) is 11.5 Å². The van der Waals surface area contributed by atoms with Crippen molar-refractivity contribution in [2.24, 2.45) is 7.05 Å². The molecule has 4 rings (SSSR count). The molecule has 1 N–H and O–H groups in total. The molecule has 1 heterocycles. The Kier molecular flexibility index (Phi) is 9.98. The topological polar surface area (TPSA) is 88.0 Å². The first kappa shape index (κ1) is 31.8. The third-order valence-electron chi connectivity index (χ3n) is 7.98. The van der Waals surface area contributed by atoms with Crippen LogP contribution in [0.25, 0.3) is 10.9 Å². The number of hydrogen-bond donors (Lipinski definition) is 1. The Labute approximate surface area is 254 Å². The van der Waals surface area contributed by atoms with Crippen molar-refractivity contribution in [3.05, 3.63) is 106 Å². The average Bonchev–Trinajstić information content (AvgIpc) is 2.98. The Hall–Kier alpha value is -4.08. The van der Waals surface area contributed by atoms with Gasteiger partial charge in [-0.1, -0.05) is 81.4 Å².